The van der Waals surface area contributed by atoms with Gasteiger partial charge in [-0.15, -0.1) is 11.6 Å². The number of aromatic nitrogens is 1. The Morgan fingerprint density at radius 1 is 1.64 bits per heavy atom. The molecule has 0 aromatic carbocycles. The summed E-state index contributed by atoms with van der Waals surface area (Å²) in [5, 5.41) is 3.36. The van der Waals surface area contributed by atoms with Crippen molar-refractivity contribution in [1.82, 2.24) is 4.98 Å². The molecule has 1 unspecified atom stereocenters. The van der Waals surface area contributed by atoms with Crippen molar-refractivity contribution in [1.29, 1.82) is 0 Å². The van der Waals surface area contributed by atoms with Crippen molar-refractivity contribution in [3.05, 3.63) is 22.8 Å². The lowest BCUT2D eigenvalue weighted by Crippen LogP contribution is -2.19. The Morgan fingerprint density at radius 3 is 3.00 bits per heavy atom. The highest BCUT2D eigenvalue weighted by atomic mass is 79.9. The van der Waals surface area contributed by atoms with Gasteiger partial charge in [-0.2, -0.15) is 0 Å². The average Bonchev–Trinajstić information content (AvgIpc) is 2.20. The molecule has 0 spiro atoms. The minimum atomic E-state index is 0.402. The molecule has 14 heavy (non-hydrogen) atoms. The average molecular weight is 278 g/mol. The number of halogens is 2. The SMILES string of the molecule is CCC(CCCl)Nc1ncccc1Br. The first kappa shape index (κ1) is 11.8. The summed E-state index contributed by atoms with van der Waals surface area (Å²) in [4.78, 5) is 4.25. The van der Waals surface area contributed by atoms with E-state index in [-0.39, 0.29) is 0 Å². The summed E-state index contributed by atoms with van der Waals surface area (Å²) in [6, 6.07) is 4.28. The van der Waals surface area contributed by atoms with Crippen molar-refractivity contribution in [2.24, 2.45) is 0 Å². The van der Waals surface area contributed by atoms with Crippen LogP contribution in [-0.4, -0.2) is 16.9 Å². The topological polar surface area (TPSA) is 24.9 Å². The van der Waals surface area contributed by atoms with Gasteiger partial charge in [0.05, 0.1) is 4.47 Å². The fourth-order valence-corrected chi connectivity index (χ4v) is 1.83. The lowest BCUT2D eigenvalue weighted by atomic mass is 10.2. The van der Waals surface area contributed by atoms with E-state index in [0.29, 0.717) is 11.9 Å². The van der Waals surface area contributed by atoms with Crippen LogP contribution in [0, 0.1) is 0 Å². The van der Waals surface area contributed by atoms with Gasteiger partial charge in [0.25, 0.3) is 0 Å². The van der Waals surface area contributed by atoms with Crippen LogP contribution in [0.3, 0.4) is 0 Å². The molecule has 0 fully saturated rings. The second-order valence-corrected chi connectivity index (χ2v) is 4.29. The molecular weight excluding hydrogens is 263 g/mol. The first-order chi connectivity index (χ1) is 6.77. The highest BCUT2D eigenvalue weighted by molar-refractivity contribution is 9.10. The number of nitrogens with one attached hydrogen (secondary N) is 1. The van der Waals surface area contributed by atoms with E-state index in [1.807, 2.05) is 12.1 Å². The van der Waals surface area contributed by atoms with E-state index >= 15 is 0 Å². The standard InChI is InChI=1S/C10H14BrClN2/c1-2-8(5-6-12)14-10-9(11)4-3-7-13-10/h3-4,7-8H,2,5-6H2,1H3,(H,13,14). The smallest absolute Gasteiger partial charge is 0.140 e. The summed E-state index contributed by atoms with van der Waals surface area (Å²) in [5.41, 5.74) is 0. The molecule has 0 aliphatic rings. The molecular formula is C10H14BrClN2. The third kappa shape index (κ3) is 3.46. The number of anilines is 1. The Balaban J connectivity index is 2.62. The Morgan fingerprint density at radius 2 is 2.43 bits per heavy atom. The number of alkyl halides is 1. The highest BCUT2D eigenvalue weighted by Crippen LogP contribution is 2.20. The normalized spacial score (nSPS) is 12.5. The summed E-state index contributed by atoms with van der Waals surface area (Å²) >= 11 is 9.16. The fourth-order valence-electron chi connectivity index (χ4n) is 1.20. The Kier molecular flexibility index (Phi) is 5.26. The van der Waals surface area contributed by atoms with E-state index in [1.54, 1.807) is 6.20 Å². The highest BCUT2D eigenvalue weighted by Gasteiger charge is 2.07. The zero-order valence-electron chi connectivity index (χ0n) is 8.13. The molecule has 1 aromatic rings. The molecule has 0 aliphatic heterocycles. The molecule has 0 aliphatic carbocycles. The van der Waals surface area contributed by atoms with Gasteiger partial charge < -0.3 is 5.32 Å². The molecule has 1 N–H and O–H groups in total. The third-order valence-corrected chi connectivity index (χ3v) is 2.91. The Labute approximate surface area is 98.2 Å². The number of hydrogen-bond donors (Lipinski definition) is 1. The monoisotopic (exact) mass is 276 g/mol. The summed E-state index contributed by atoms with van der Waals surface area (Å²) in [5.74, 6) is 1.57. The molecule has 0 amide bonds. The van der Waals surface area contributed by atoms with Gasteiger partial charge in [0.15, 0.2) is 0 Å². The van der Waals surface area contributed by atoms with Crippen LogP contribution in [0.4, 0.5) is 5.82 Å². The predicted molar refractivity (Wildman–Crippen MR) is 65.0 cm³/mol. The molecule has 1 atom stereocenters. The summed E-state index contributed by atoms with van der Waals surface area (Å²) in [6.45, 7) is 2.14. The van der Waals surface area contributed by atoms with E-state index < -0.39 is 0 Å². The largest absolute Gasteiger partial charge is 0.366 e. The number of pyridine rings is 1. The minimum Gasteiger partial charge on any atom is -0.366 e. The molecule has 0 saturated carbocycles. The van der Waals surface area contributed by atoms with Crippen LogP contribution in [0.1, 0.15) is 19.8 Å². The number of rotatable bonds is 5. The van der Waals surface area contributed by atoms with Gasteiger partial charge in [0.1, 0.15) is 5.82 Å². The second kappa shape index (κ2) is 6.25. The lowest BCUT2D eigenvalue weighted by Gasteiger charge is -2.16. The molecule has 1 heterocycles. The van der Waals surface area contributed by atoms with Crippen molar-refractivity contribution in [3.63, 3.8) is 0 Å². The van der Waals surface area contributed by atoms with Gasteiger partial charge in [-0.3, -0.25) is 0 Å². The molecule has 0 bridgehead atoms. The summed E-state index contributed by atoms with van der Waals surface area (Å²) in [6.07, 6.45) is 3.79. The van der Waals surface area contributed by atoms with E-state index in [1.165, 1.54) is 0 Å². The van der Waals surface area contributed by atoms with Gasteiger partial charge >= 0.3 is 0 Å². The molecule has 2 nitrogen and oxygen atoms in total. The molecule has 0 saturated heterocycles. The summed E-state index contributed by atoms with van der Waals surface area (Å²) < 4.78 is 0.994. The van der Waals surface area contributed by atoms with Crippen LogP contribution >= 0.6 is 27.5 Å². The van der Waals surface area contributed by atoms with Gasteiger partial charge in [0.2, 0.25) is 0 Å². The minimum absolute atomic E-state index is 0.402. The number of hydrogen-bond acceptors (Lipinski definition) is 2. The quantitative estimate of drug-likeness (QED) is 0.831. The zero-order valence-corrected chi connectivity index (χ0v) is 10.5. The van der Waals surface area contributed by atoms with Crippen molar-refractivity contribution in [3.8, 4) is 0 Å². The third-order valence-electron chi connectivity index (χ3n) is 2.05. The van der Waals surface area contributed by atoms with Gasteiger partial charge in [-0.25, -0.2) is 4.98 Å². The van der Waals surface area contributed by atoms with Crippen LogP contribution in [0.15, 0.2) is 22.8 Å². The van der Waals surface area contributed by atoms with Crippen LogP contribution in [0.2, 0.25) is 0 Å². The first-order valence-electron chi connectivity index (χ1n) is 4.71. The van der Waals surface area contributed by atoms with Gasteiger partial charge in [-0.1, -0.05) is 6.92 Å². The maximum atomic E-state index is 5.71. The Bertz CT molecular complexity index is 281. The molecule has 78 valence electrons. The van der Waals surface area contributed by atoms with Crippen LogP contribution < -0.4 is 5.32 Å². The summed E-state index contributed by atoms with van der Waals surface area (Å²) in [7, 11) is 0. The predicted octanol–water partition coefficient (Wildman–Crippen LogP) is 3.66. The van der Waals surface area contributed by atoms with Crippen LogP contribution in [0.25, 0.3) is 0 Å². The molecule has 1 rings (SSSR count). The zero-order chi connectivity index (χ0) is 10.4. The number of nitrogens with zero attached hydrogens (tertiary/aromatic N) is 1. The van der Waals surface area contributed by atoms with E-state index in [9.17, 15) is 0 Å². The van der Waals surface area contributed by atoms with Crippen LogP contribution in [-0.2, 0) is 0 Å². The van der Waals surface area contributed by atoms with E-state index in [2.05, 4.69) is 33.2 Å². The molecule has 0 radical (unpaired) electrons. The molecule has 4 heteroatoms. The van der Waals surface area contributed by atoms with Crippen molar-refractivity contribution in [2.45, 2.75) is 25.8 Å². The fraction of sp³-hybridized carbons (Fsp3) is 0.500. The van der Waals surface area contributed by atoms with E-state index in [0.717, 1.165) is 23.1 Å². The maximum Gasteiger partial charge on any atom is 0.140 e. The van der Waals surface area contributed by atoms with Gasteiger partial charge in [-0.05, 0) is 40.9 Å². The van der Waals surface area contributed by atoms with E-state index in [4.69, 9.17) is 11.6 Å². The van der Waals surface area contributed by atoms with Crippen LogP contribution in [0.5, 0.6) is 0 Å². The lowest BCUT2D eigenvalue weighted by molar-refractivity contribution is 0.671. The maximum absolute atomic E-state index is 5.71. The second-order valence-electron chi connectivity index (χ2n) is 3.06. The Hall–Kier alpha value is -0.280. The van der Waals surface area contributed by atoms with Gasteiger partial charge in [0, 0.05) is 18.1 Å². The van der Waals surface area contributed by atoms with Crippen molar-refractivity contribution in [2.75, 3.05) is 11.2 Å². The van der Waals surface area contributed by atoms with Crippen molar-refractivity contribution >= 4 is 33.3 Å². The first-order valence-corrected chi connectivity index (χ1v) is 6.03. The van der Waals surface area contributed by atoms with Crippen molar-refractivity contribution < 1.29 is 0 Å². The molecule has 1 aromatic heterocycles.